The van der Waals surface area contributed by atoms with Gasteiger partial charge in [-0.25, -0.2) is 0 Å². The number of hydrogen-bond acceptors (Lipinski definition) is 5. The number of nitrogens with zero attached hydrogens (tertiary/aromatic N) is 3. The molecule has 20 heavy (non-hydrogen) atoms. The van der Waals surface area contributed by atoms with Crippen LogP contribution >= 0.6 is 0 Å². The van der Waals surface area contributed by atoms with Gasteiger partial charge in [-0.3, -0.25) is 4.79 Å². The highest BCUT2D eigenvalue weighted by molar-refractivity contribution is 5.82. The van der Waals surface area contributed by atoms with Gasteiger partial charge >= 0.3 is 0 Å². The molecule has 1 N–H and O–H groups in total. The van der Waals surface area contributed by atoms with Gasteiger partial charge in [0.2, 0.25) is 0 Å². The molecule has 1 aliphatic heterocycles. The van der Waals surface area contributed by atoms with Crippen LogP contribution in [0.1, 0.15) is 36.0 Å². The van der Waals surface area contributed by atoms with Crippen LogP contribution < -0.4 is 0 Å². The molecule has 2 aromatic rings. The summed E-state index contributed by atoms with van der Waals surface area (Å²) in [5, 5.41) is 17.9. The maximum absolute atomic E-state index is 11.2. The third-order valence-electron chi connectivity index (χ3n) is 3.32. The zero-order chi connectivity index (χ0) is 13.9. The molecular formula is C14H15N3O3. The number of carbonyl (C=O) groups is 1. The Morgan fingerprint density at radius 2 is 2.05 bits per heavy atom. The van der Waals surface area contributed by atoms with Gasteiger partial charge in [-0.05, 0) is 43.5 Å². The highest BCUT2D eigenvalue weighted by atomic mass is 16.5. The van der Waals surface area contributed by atoms with Crippen LogP contribution in [0, 0.1) is 0 Å². The normalized spacial score (nSPS) is 18.9. The van der Waals surface area contributed by atoms with Gasteiger partial charge in [-0.2, -0.15) is 4.80 Å². The van der Waals surface area contributed by atoms with Gasteiger partial charge in [0.1, 0.15) is 11.4 Å². The van der Waals surface area contributed by atoms with Gasteiger partial charge in [0.15, 0.2) is 18.2 Å². The molecule has 0 bridgehead atoms. The van der Waals surface area contributed by atoms with Crippen LogP contribution in [0.3, 0.4) is 0 Å². The van der Waals surface area contributed by atoms with Crippen LogP contribution in [0.5, 0.6) is 5.75 Å². The molecule has 6 nitrogen and oxygen atoms in total. The molecule has 0 amide bonds. The van der Waals surface area contributed by atoms with Crippen molar-refractivity contribution in [2.75, 3.05) is 6.61 Å². The first-order chi connectivity index (χ1) is 9.78. The minimum Gasteiger partial charge on any atom is -0.508 e. The number of ether oxygens (including phenoxy) is 1. The first-order valence-corrected chi connectivity index (χ1v) is 6.61. The molecular weight excluding hydrogens is 258 g/mol. The second kappa shape index (κ2) is 5.42. The van der Waals surface area contributed by atoms with Gasteiger partial charge in [-0.1, -0.05) is 0 Å². The summed E-state index contributed by atoms with van der Waals surface area (Å²) in [6.07, 6.45) is 3.45. The van der Waals surface area contributed by atoms with E-state index in [1.54, 1.807) is 24.3 Å². The SMILES string of the molecule is O=Cc1nn(C2CCCCO2)nc1-c1ccc(O)cc1. The van der Waals surface area contributed by atoms with Gasteiger partial charge in [0.25, 0.3) is 0 Å². The summed E-state index contributed by atoms with van der Waals surface area (Å²) >= 11 is 0. The lowest BCUT2D eigenvalue weighted by Crippen LogP contribution is -2.20. The van der Waals surface area contributed by atoms with E-state index in [0.29, 0.717) is 18.6 Å². The second-order valence-corrected chi connectivity index (χ2v) is 4.74. The molecule has 1 aromatic carbocycles. The summed E-state index contributed by atoms with van der Waals surface area (Å²) in [6.45, 7) is 0.692. The Labute approximate surface area is 116 Å². The van der Waals surface area contributed by atoms with Crippen molar-refractivity contribution in [1.29, 1.82) is 0 Å². The molecule has 6 heteroatoms. The van der Waals surface area contributed by atoms with Gasteiger partial charge in [0, 0.05) is 12.2 Å². The van der Waals surface area contributed by atoms with Crippen LogP contribution in [-0.2, 0) is 4.74 Å². The van der Waals surface area contributed by atoms with Gasteiger partial charge in [0.05, 0.1) is 0 Å². The number of rotatable bonds is 3. The highest BCUT2D eigenvalue weighted by Gasteiger charge is 2.21. The van der Waals surface area contributed by atoms with Crippen LogP contribution in [0.4, 0.5) is 0 Å². The average molecular weight is 273 g/mol. The molecule has 0 saturated carbocycles. The Bertz CT molecular complexity index is 601. The molecule has 2 heterocycles. The standard InChI is InChI=1S/C14H15N3O3/c18-9-12-14(10-4-6-11(19)7-5-10)16-17(15-12)13-3-1-2-8-20-13/h4-7,9,13,19H,1-3,8H2. The molecule has 0 radical (unpaired) electrons. The van der Waals surface area contributed by atoms with Crippen molar-refractivity contribution in [1.82, 2.24) is 15.0 Å². The lowest BCUT2D eigenvalue weighted by molar-refractivity contribution is -0.0480. The van der Waals surface area contributed by atoms with Crippen LogP contribution in [0.25, 0.3) is 11.3 Å². The fraction of sp³-hybridized carbons (Fsp3) is 0.357. The topological polar surface area (TPSA) is 77.2 Å². The monoisotopic (exact) mass is 273 g/mol. The largest absolute Gasteiger partial charge is 0.508 e. The number of benzene rings is 1. The van der Waals surface area contributed by atoms with E-state index in [9.17, 15) is 9.90 Å². The zero-order valence-electron chi connectivity index (χ0n) is 10.9. The first-order valence-electron chi connectivity index (χ1n) is 6.61. The maximum Gasteiger partial charge on any atom is 0.172 e. The maximum atomic E-state index is 11.2. The summed E-state index contributed by atoms with van der Waals surface area (Å²) in [5.74, 6) is 0.171. The minimum absolute atomic E-state index is 0.171. The predicted molar refractivity (Wildman–Crippen MR) is 71.4 cm³/mol. The van der Waals surface area contributed by atoms with Crippen LogP contribution in [0.2, 0.25) is 0 Å². The van der Waals surface area contributed by atoms with Crippen molar-refractivity contribution in [3.05, 3.63) is 30.0 Å². The Morgan fingerprint density at radius 3 is 2.70 bits per heavy atom. The Hall–Kier alpha value is -2.21. The van der Waals surface area contributed by atoms with E-state index in [4.69, 9.17) is 4.74 Å². The number of aromatic nitrogens is 3. The van der Waals surface area contributed by atoms with E-state index in [1.807, 2.05) is 0 Å². The van der Waals surface area contributed by atoms with E-state index in [1.165, 1.54) is 4.80 Å². The molecule has 3 rings (SSSR count). The van der Waals surface area contributed by atoms with E-state index < -0.39 is 0 Å². The number of carbonyl (C=O) groups excluding carboxylic acids is 1. The minimum atomic E-state index is -0.201. The fourth-order valence-corrected chi connectivity index (χ4v) is 2.27. The number of phenolic OH excluding ortho intramolecular Hbond substituents is 1. The van der Waals surface area contributed by atoms with Crippen LogP contribution in [-0.4, -0.2) is 33.0 Å². The summed E-state index contributed by atoms with van der Waals surface area (Å²) in [7, 11) is 0. The quantitative estimate of drug-likeness (QED) is 0.867. The van der Waals surface area contributed by atoms with E-state index in [-0.39, 0.29) is 17.7 Å². The van der Waals surface area contributed by atoms with Crippen molar-refractivity contribution in [2.45, 2.75) is 25.5 Å². The molecule has 1 aromatic heterocycles. The Balaban J connectivity index is 1.95. The number of aldehydes is 1. The molecule has 1 saturated heterocycles. The Morgan fingerprint density at radius 1 is 1.25 bits per heavy atom. The van der Waals surface area contributed by atoms with E-state index in [0.717, 1.165) is 24.8 Å². The van der Waals surface area contributed by atoms with Crippen molar-refractivity contribution in [3.8, 4) is 17.0 Å². The lowest BCUT2D eigenvalue weighted by atomic mass is 10.1. The first kappa shape index (κ1) is 12.8. The van der Waals surface area contributed by atoms with E-state index >= 15 is 0 Å². The summed E-state index contributed by atoms with van der Waals surface area (Å²) in [5.41, 5.74) is 1.53. The highest BCUT2D eigenvalue weighted by Crippen LogP contribution is 2.25. The molecule has 0 aliphatic carbocycles. The predicted octanol–water partition coefficient (Wildman–Crippen LogP) is 2.16. The zero-order valence-corrected chi connectivity index (χ0v) is 10.9. The van der Waals surface area contributed by atoms with Crippen molar-refractivity contribution in [3.63, 3.8) is 0 Å². The average Bonchev–Trinajstić information content (AvgIpc) is 2.93. The lowest BCUT2D eigenvalue weighted by Gasteiger charge is -2.21. The van der Waals surface area contributed by atoms with Crippen LogP contribution in [0.15, 0.2) is 24.3 Å². The van der Waals surface area contributed by atoms with Gasteiger partial charge < -0.3 is 9.84 Å². The molecule has 0 spiro atoms. The van der Waals surface area contributed by atoms with Crippen molar-refractivity contribution < 1.29 is 14.6 Å². The van der Waals surface area contributed by atoms with Crippen molar-refractivity contribution >= 4 is 6.29 Å². The summed E-state index contributed by atoms with van der Waals surface area (Å²) < 4.78 is 5.61. The number of hydrogen-bond donors (Lipinski definition) is 1. The Kier molecular flexibility index (Phi) is 3.47. The molecule has 1 atom stereocenters. The third-order valence-corrected chi connectivity index (χ3v) is 3.32. The third kappa shape index (κ3) is 2.42. The number of aromatic hydroxyl groups is 1. The second-order valence-electron chi connectivity index (χ2n) is 4.74. The molecule has 1 unspecified atom stereocenters. The van der Waals surface area contributed by atoms with Gasteiger partial charge in [-0.15, -0.1) is 10.2 Å². The number of phenols is 1. The summed E-state index contributed by atoms with van der Waals surface area (Å²) in [4.78, 5) is 12.6. The fourth-order valence-electron chi connectivity index (χ4n) is 2.27. The molecule has 1 aliphatic rings. The smallest absolute Gasteiger partial charge is 0.172 e. The van der Waals surface area contributed by atoms with Crippen molar-refractivity contribution in [2.24, 2.45) is 0 Å². The molecule has 104 valence electrons. The summed E-state index contributed by atoms with van der Waals surface area (Å²) in [6, 6.07) is 6.52. The molecule has 1 fully saturated rings. The van der Waals surface area contributed by atoms with E-state index in [2.05, 4.69) is 10.2 Å².